The molecule has 2 fully saturated rings. The van der Waals surface area contributed by atoms with Crippen LogP contribution in [-0.4, -0.2) is 30.6 Å². The standard InChI is InChI=1S/C19H24FNO2/c1-23-18(22)14-9-13-4-8-21(12-16(13)17(20)10-14)15-3-7-19(11-15)5-2-6-19/h9-10,15H,2-8,11-12H2,1H3/t15-/m1/s1. The predicted molar refractivity (Wildman–Crippen MR) is 85.8 cm³/mol. The van der Waals surface area contributed by atoms with Crippen molar-refractivity contribution in [2.45, 2.75) is 57.5 Å². The summed E-state index contributed by atoms with van der Waals surface area (Å²) in [6.45, 7) is 1.65. The van der Waals surface area contributed by atoms with Crippen LogP contribution >= 0.6 is 0 Å². The Morgan fingerprint density at radius 2 is 2.17 bits per heavy atom. The van der Waals surface area contributed by atoms with Crippen LogP contribution in [0.5, 0.6) is 0 Å². The maximum atomic E-state index is 14.5. The van der Waals surface area contributed by atoms with Crippen LogP contribution in [0, 0.1) is 11.2 Å². The largest absolute Gasteiger partial charge is 0.465 e. The number of hydrogen-bond donors (Lipinski definition) is 0. The summed E-state index contributed by atoms with van der Waals surface area (Å²) in [6, 6.07) is 3.75. The Bertz CT molecular complexity index is 639. The second-order valence-electron chi connectivity index (χ2n) is 7.56. The molecule has 1 aromatic carbocycles. The summed E-state index contributed by atoms with van der Waals surface area (Å²) >= 11 is 0. The van der Waals surface area contributed by atoms with Crippen molar-refractivity contribution in [2.75, 3.05) is 13.7 Å². The van der Waals surface area contributed by atoms with Gasteiger partial charge in [-0.15, -0.1) is 0 Å². The molecule has 0 radical (unpaired) electrons. The summed E-state index contributed by atoms with van der Waals surface area (Å²) in [7, 11) is 1.33. The lowest BCUT2D eigenvalue weighted by Gasteiger charge is -2.40. The first kappa shape index (κ1) is 15.1. The minimum atomic E-state index is -0.461. The van der Waals surface area contributed by atoms with Gasteiger partial charge in [-0.05, 0) is 61.6 Å². The van der Waals surface area contributed by atoms with Crippen LogP contribution in [-0.2, 0) is 17.7 Å². The summed E-state index contributed by atoms with van der Waals surface area (Å²) in [6.07, 6.45) is 8.91. The van der Waals surface area contributed by atoms with Gasteiger partial charge in [0.2, 0.25) is 0 Å². The number of carbonyl (C=O) groups is 1. The Morgan fingerprint density at radius 3 is 2.83 bits per heavy atom. The minimum absolute atomic E-state index is 0.260. The summed E-state index contributed by atoms with van der Waals surface area (Å²) in [5.74, 6) is -0.721. The summed E-state index contributed by atoms with van der Waals surface area (Å²) in [5, 5.41) is 0. The molecule has 0 aromatic heterocycles. The fourth-order valence-corrected chi connectivity index (χ4v) is 4.81. The van der Waals surface area contributed by atoms with Gasteiger partial charge in [-0.1, -0.05) is 6.42 Å². The lowest BCUT2D eigenvalue weighted by Crippen LogP contribution is -2.39. The van der Waals surface area contributed by atoms with E-state index in [2.05, 4.69) is 4.90 Å². The van der Waals surface area contributed by atoms with E-state index in [1.54, 1.807) is 0 Å². The number of fused-ring (bicyclic) bond motifs is 1. The molecule has 1 spiro atoms. The van der Waals surface area contributed by atoms with Gasteiger partial charge in [0.05, 0.1) is 12.7 Å². The third-order valence-corrected chi connectivity index (χ3v) is 6.35. The number of nitrogens with zero attached hydrogens (tertiary/aromatic N) is 1. The monoisotopic (exact) mass is 317 g/mol. The van der Waals surface area contributed by atoms with E-state index < -0.39 is 5.97 Å². The molecule has 1 aromatic rings. The Kier molecular flexibility index (Phi) is 3.67. The fraction of sp³-hybridized carbons (Fsp3) is 0.632. The molecule has 23 heavy (non-hydrogen) atoms. The second-order valence-corrected chi connectivity index (χ2v) is 7.56. The molecule has 4 rings (SSSR count). The molecular weight excluding hydrogens is 293 g/mol. The van der Waals surface area contributed by atoms with Crippen LogP contribution < -0.4 is 0 Å². The highest BCUT2D eigenvalue weighted by atomic mass is 19.1. The molecule has 2 saturated carbocycles. The zero-order valence-electron chi connectivity index (χ0n) is 13.7. The number of hydrogen-bond acceptors (Lipinski definition) is 3. The van der Waals surface area contributed by atoms with Crippen molar-refractivity contribution in [1.29, 1.82) is 0 Å². The average Bonchev–Trinajstić information content (AvgIpc) is 2.99. The fourth-order valence-electron chi connectivity index (χ4n) is 4.81. The quantitative estimate of drug-likeness (QED) is 0.779. The number of esters is 1. The lowest BCUT2D eigenvalue weighted by atomic mass is 9.67. The first-order valence-corrected chi connectivity index (χ1v) is 8.74. The molecule has 3 nitrogen and oxygen atoms in total. The number of benzene rings is 1. The van der Waals surface area contributed by atoms with Crippen molar-refractivity contribution in [3.63, 3.8) is 0 Å². The van der Waals surface area contributed by atoms with Crippen molar-refractivity contribution in [3.05, 3.63) is 34.6 Å². The molecule has 4 heteroatoms. The van der Waals surface area contributed by atoms with E-state index in [-0.39, 0.29) is 5.82 Å². The number of carbonyl (C=O) groups excluding carboxylic acids is 1. The predicted octanol–water partition coefficient (Wildman–Crippen LogP) is 3.69. The van der Waals surface area contributed by atoms with Gasteiger partial charge >= 0.3 is 5.97 Å². The SMILES string of the molecule is COC(=O)c1cc(F)c2c(c1)CCN([C@@H]1CCC3(CCC3)C1)C2. The molecule has 1 heterocycles. The molecule has 0 amide bonds. The Morgan fingerprint density at radius 1 is 1.35 bits per heavy atom. The smallest absolute Gasteiger partial charge is 0.337 e. The highest BCUT2D eigenvalue weighted by molar-refractivity contribution is 5.89. The second kappa shape index (κ2) is 5.59. The van der Waals surface area contributed by atoms with Gasteiger partial charge in [-0.25, -0.2) is 9.18 Å². The van der Waals surface area contributed by atoms with Crippen molar-refractivity contribution in [3.8, 4) is 0 Å². The van der Waals surface area contributed by atoms with E-state index >= 15 is 0 Å². The number of rotatable bonds is 2. The molecular formula is C19H24FNO2. The maximum Gasteiger partial charge on any atom is 0.337 e. The molecule has 1 atom stereocenters. The zero-order valence-corrected chi connectivity index (χ0v) is 13.7. The van der Waals surface area contributed by atoms with E-state index in [0.717, 1.165) is 24.1 Å². The van der Waals surface area contributed by atoms with Crippen molar-refractivity contribution < 1.29 is 13.9 Å². The Balaban J connectivity index is 1.52. The van der Waals surface area contributed by atoms with E-state index in [0.29, 0.717) is 23.6 Å². The van der Waals surface area contributed by atoms with Crippen molar-refractivity contribution in [2.24, 2.45) is 5.41 Å². The third kappa shape index (κ3) is 2.57. The van der Waals surface area contributed by atoms with Crippen LogP contribution in [0.3, 0.4) is 0 Å². The number of methoxy groups -OCH3 is 1. The molecule has 0 saturated heterocycles. The van der Waals surface area contributed by atoms with Gasteiger partial charge in [0, 0.05) is 24.7 Å². The third-order valence-electron chi connectivity index (χ3n) is 6.35. The topological polar surface area (TPSA) is 29.5 Å². The maximum absolute atomic E-state index is 14.5. The highest BCUT2D eigenvalue weighted by Gasteiger charge is 2.45. The van der Waals surface area contributed by atoms with Crippen molar-refractivity contribution >= 4 is 5.97 Å². The average molecular weight is 317 g/mol. The normalized spacial score (nSPS) is 25.9. The molecule has 0 bridgehead atoms. The van der Waals surface area contributed by atoms with Crippen LogP contribution in [0.25, 0.3) is 0 Å². The van der Waals surface area contributed by atoms with Gasteiger partial charge in [-0.3, -0.25) is 4.90 Å². The summed E-state index contributed by atoms with van der Waals surface area (Å²) < 4.78 is 19.2. The van der Waals surface area contributed by atoms with Gasteiger partial charge in [0.25, 0.3) is 0 Å². The van der Waals surface area contributed by atoms with Crippen LogP contribution in [0.1, 0.15) is 60.0 Å². The zero-order chi connectivity index (χ0) is 16.0. The Hall–Kier alpha value is -1.42. The molecule has 0 N–H and O–H groups in total. The molecule has 2 aliphatic carbocycles. The van der Waals surface area contributed by atoms with E-state index in [1.807, 2.05) is 6.07 Å². The molecule has 124 valence electrons. The summed E-state index contributed by atoms with van der Waals surface area (Å²) in [4.78, 5) is 14.1. The van der Waals surface area contributed by atoms with Crippen molar-refractivity contribution in [1.82, 2.24) is 4.90 Å². The molecule has 0 unspecified atom stereocenters. The van der Waals surface area contributed by atoms with Crippen LogP contribution in [0.4, 0.5) is 4.39 Å². The Labute approximate surface area is 136 Å². The lowest BCUT2D eigenvalue weighted by molar-refractivity contribution is 0.0599. The summed E-state index contributed by atoms with van der Waals surface area (Å²) in [5.41, 5.74) is 2.70. The number of halogens is 1. The highest BCUT2D eigenvalue weighted by Crippen LogP contribution is 2.54. The van der Waals surface area contributed by atoms with E-state index in [4.69, 9.17) is 4.74 Å². The van der Waals surface area contributed by atoms with Crippen LogP contribution in [0.15, 0.2) is 12.1 Å². The first-order valence-electron chi connectivity index (χ1n) is 8.74. The van der Waals surface area contributed by atoms with Gasteiger partial charge < -0.3 is 4.74 Å². The first-order chi connectivity index (χ1) is 11.1. The minimum Gasteiger partial charge on any atom is -0.465 e. The van der Waals surface area contributed by atoms with E-state index in [9.17, 15) is 9.18 Å². The van der Waals surface area contributed by atoms with Crippen LogP contribution in [0.2, 0.25) is 0 Å². The number of ether oxygens (including phenoxy) is 1. The molecule has 3 aliphatic rings. The van der Waals surface area contributed by atoms with E-state index in [1.165, 1.54) is 51.7 Å². The van der Waals surface area contributed by atoms with Gasteiger partial charge in [0.15, 0.2) is 0 Å². The van der Waals surface area contributed by atoms with Gasteiger partial charge in [0.1, 0.15) is 5.82 Å². The van der Waals surface area contributed by atoms with Gasteiger partial charge in [-0.2, -0.15) is 0 Å². The molecule has 1 aliphatic heterocycles.